The van der Waals surface area contributed by atoms with Crippen LogP contribution >= 0.6 is 0 Å². The van der Waals surface area contributed by atoms with Crippen molar-refractivity contribution in [3.8, 4) is 11.3 Å². The molecule has 3 aromatic carbocycles. The topological polar surface area (TPSA) is 61.6 Å². The maximum atomic E-state index is 13.8. The van der Waals surface area contributed by atoms with Crippen molar-refractivity contribution in [2.24, 2.45) is 11.8 Å². The number of nitrogens with one attached hydrogen (secondary N) is 1. The number of fused-ring (bicyclic) bond motifs is 2. The molecule has 0 radical (unpaired) electrons. The molecule has 1 saturated heterocycles. The van der Waals surface area contributed by atoms with Crippen molar-refractivity contribution in [1.29, 1.82) is 0 Å². The number of carbonyl (C=O) groups is 1. The highest BCUT2D eigenvalue weighted by molar-refractivity contribution is 6.28. The van der Waals surface area contributed by atoms with E-state index in [4.69, 9.17) is 4.52 Å². The molecule has 1 aliphatic carbocycles. The lowest BCUT2D eigenvalue weighted by molar-refractivity contribution is 0.104. The zero-order valence-electron chi connectivity index (χ0n) is 20.6. The van der Waals surface area contributed by atoms with E-state index in [1.54, 1.807) is 0 Å². The van der Waals surface area contributed by atoms with Crippen LogP contribution in [0.3, 0.4) is 0 Å². The number of piperidine rings is 1. The molecule has 0 spiro atoms. The Morgan fingerprint density at radius 3 is 2.37 bits per heavy atom. The zero-order valence-corrected chi connectivity index (χ0v) is 20.6. The molecule has 178 valence electrons. The van der Waals surface area contributed by atoms with E-state index in [9.17, 15) is 4.79 Å². The molecule has 35 heavy (non-hydrogen) atoms. The third-order valence-electron chi connectivity index (χ3n) is 7.25. The predicted molar refractivity (Wildman–Crippen MR) is 142 cm³/mol. The first-order chi connectivity index (χ1) is 16.9. The van der Waals surface area contributed by atoms with E-state index in [1.807, 2.05) is 50.5 Å². The third kappa shape index (κ3) is 3.55. The van der Waals surface area contributed by atoms with E-state index in [1.165, 1.54) is 6.42 Å². The maximum absolute atomic E-state index is 13.8. The maximum Gasteiger partial charge on any atom is 0.196 e. The van der Waals surface area contributed by atoms with Gasteiger partial charge in [0.15, 0.2) is 11.5 Å². The SMILES string of the molecule is CC1CC(C)CN(c2cc(Nc3ccc(N(C)C)cc3)c3c4c(onc24)-c2ccccc2C3=O)C1. The molecule has 1 aliphatic heterocycles. The van der Waals surface area contributed by atoms with Gasteiger partial charge in [0.1, 0.15) is 5.52 Å². The lowest BCUT2D eigenvalue weighted by Gasteiger charge is -2.37. The molecule has 1 fully saturated rings. The van der Waals surface area contributed by atoms with E-state index in [-0.39, 0.29) is 5.78 Å². The van der Waals surface area contributed by atoms with E-state index in [0.29, 0.717) is 28.7 Å². The first-order valence-electron chi connectivity index (χ1n) is 12.3. The second-order valence-electron chi connectivity index (χ2n) is 10.3. The Morgan fingerprint density at radius 2 is 1.69 bits per heavy atom. The summed E-state index contributed by atoms with van der Waals surface area (Å²) < 4.78 is 5.94. The lowest BCUT2D eigenvalue weighted by Crippen LogP contribution is -2.39. The van der Waals surface area contributed by atoms with E-state index < -0.39 is 0 Å². The summed E-state index contributed by atoms with van der Waals surface area (Å²) >= 11 is 0. The molecule has 1 N–H and O–H groups in total. The number of hydrogen-bond acceptors (Lipinski definition) is 6. The molecule has 0 saturated carbocycles. The van der Waals surface area contributed by atoms with Gasteiger partial charge in [-0.15, -0.1) is 0 Å². The summed E-state index contributed by atoms with van der Waals surface area (Å²) in [4.78, 5) is 18.3. The average Bonchev–Trinajstić information content (AvgIpc) is 3.28. The van der Waals surface area contributed by atoms with E-state index in [0.717, 1.165) is 52.3 Å². The van der Waals surface area contributed by atoms with Gasteiger partial charge in [0, 0.05) is 49.7 Å². The molecule has 6 nitrogen and oxygen atoms in total. The molecule has 4 aromatic rings. The summed E-state index contributed by atoms with van der Waals surface area (Å²) in [6.45, 7) is 6.53. The number of aromatic nitrogens is 1. The first-order valence-corrected chi connectivity index (χ1v) is 12.3. The van der Waals surface area contributed by atoms with Crippen molar-refractivity contribution in [3.05, 3.63) is 65.7 Å². The summed E-state index contributed by atoms with van der Waals surface area (Å²) in [7, 11) is 4.05. The van der Waals surface area contributed by atoms with Crippen molar-refractivity contribution in [1.82, 2.24) is 5.16 Å². The van der Waals surface area contributed by atoms with Gasteiger partial charge in [-0.3, -0.25) is 4.79 Å². The number of carbonyl (C=O) groups excluding carboxylic acids is 1. The number of rotatable bonds is 4. The van der Waals surface area contributed by atoms with Crippen LogP contribution in [-0.4, -0.2) is 38.1 Å². The van der Waals surface area contributed by atoms with Crippen LogP contribution in [-0.2, 0) is 0 Å². The van der Waals surface area contributed by atoms with Crippen LogP contribution < -0.4 is 15.1 Å². The van der Waals surface area contributed by atoms with Gasteiger partial charge in [-0.1, -0.05) is 43.3 Å². The van der Waals surface area contributed by atoms with Crippen molar-refractivity contribution in [2.45, 2.75) is 20.3 Å². The van der Waals surface area contributed by atoms with Crippen molar-refractivity contribution < 1.29 is 9.32 Å². The van der Waals surface area contributed by atoms with Crippen molar-refractivity contribution in [3.63, 3.8) is 0 Å². The molecule has 1 aromatic heterocycles. The highest BCUT2D eigenvalue weighted by atomic mass is 16.5. The monoisotopic (exact) mass is 466 g/mol. The summed E-state index contributed by atoms with van der Waals surface area (Å²) in [6, 6.07) is 18.0. The minimum atomic E-state index is 0.000594. The summed E-state index contributed by atoms with van der Waals surface area (Å²) in [5.41, 5.74) is 6.74. The summed E-state index contributed by atoms with van der Waals surface area (Å²) in [6.07, 6.45) is 1.22. The molecule has 2 aliphatic rings. The van der Waals surface area contributed by atoms with Gasteiger partial charge in [-0.2, -0.15) is 0 Å². The Morgan fingerprint density at radius 1 is 1.00 bits per heavy atom. The van der Waals surface area contributed by atoms with Gasteiger partial charge < -0.3 is 19.6 Å². The quantitative estimate of drug-likeness (QED) is 0.334. The summed E-state index contributed by atoms with van der Waals surface area (Å²) in [5, 5.41) is 8.90. The summed E-state index contributed by atoms with van der Waals surface area (Å²) in [5.74, 6) is 1.85. The largest absolute Gasteiger partial charge is 0.378 e. The Hall–Kier alpha value is -3.80. The van der Waals surface area contributed by atoms with Crippen molar-refractivity contribution >= 4 is 39.4 Å². The molecule has 0 bridgehead atoms. The molecule has 6 rings (SSSR count). The molecule has 2 atom stereocenters. The van der Waals surface area contributed by atoms with Gasteiger partial charge >= 0.3 is 0 Å². The Balaban J connectivity index is 1.55. The molecular formula is C29H30N4O2. The molecule has 2 unspecified atom stereocenters. The van der Waals surface area contributed by atoms with Crippen LogP contribution in [0.5, 0.6) is 0 Å². The molecular weight excluding hydrogens is 436 g/mol. The standard InChI is InChI=1S/C29H30N4O2/c1-17-13-18(2)16-33(15-17)24-14-23(30-19-9-11-20(12-10-19)32(3)4)25-26-27(24)31-35-29(26)22-8-6-5-7-21(22)28(25)34/h5-12,14,17-18,30H,13,15-16H2,1-4H3. The number of anilines is 4. The Kier molecular flexibility index (Phi) is 5.06. The van der Waals surface area contributed by atoms with Crippen LogP contribution in [0, 0.1) is 11.8 Å². The fourth-order valence-electron chi connectivity index (χ4n) is 5.74. The minimum Gasteiger partial charge on any atom is -0.378 e. The minimum absolute atomic E-state index is 0.000594. The van der Waals surface area contributed by atoms with Gasteiger partial charge in [0.2, 0.25) is 0 Å². The highest BCUT2D eigenvalue weighted by Crippen LogP contribution is 2.47. The van der Waals surface area contributed by atoms with Crippen molar-refractivity contribution in [2.75, 3.05) is 42.3 Å². The Bertz CT molecular complexity index is 1430. The second kappa shape index (κ2) is 8.15. The normalized spacial score (nSPS) is 19.1. The third-order valence-corrected chi connectivity index (χ3v) is 7.25. The smallest absolute Gasteiger partial charge is 0.196 e. The number of hydrogen-bond donors (Lipinski definition) is 1. The van der Waals surface area contributed by atoms with Gasteiger partial charge in [-0.25, -0.2) is 0 Å². The molecule has 2 heterocycles. The molecule has 6 heteroatoms. The van der Waals surface area contributed by atoms with Gasteiger partial charge in [0.25, 0.3) is 0 Å². The number of benzene rings is 3. The van der Waals surface area contributed by atoms with Crippen LogP contribution in [0.2, 0.25) is 0 Å². The van der Waals surface area contributed by atoms with Crippen LogP contribution in [0.4, 0.5) is 22.7 Å². The van der Waals surface area contributed by atoms with E-state index in [2.05, 4.69) is 52.3 Å². The second-order valence-corrected chi connectivity index (χ2v) is 10.3. The average molecular weight is 467 g/mol. The van der Waals surface area contributed by atoms with Gasteiger partial charge in [-0.05, 0) is 48.6 Å². The highest BCUT2D eigenvalue weighted by Gasteiger charge is 2.34. The van der Waals surface area contributed by atoms with Crippen LogP contribution in [0.25, 0.3) is 22.2 Å². The van der Waals surface area contributed by atoms with Gasteiger partial charge in [0.05, 0.1) is 22.3 Å². The van der Waals surface area contributed by atoms with Crippen LogP contribution in [0.1, 0.15) is 36.2 Å². The predicted octanol–water partition coefficient (Wildman–Crippen LogP) is 6.33. The van der Waals surface area contributed by atoms with Crippen LogP contribution in [0.15, 0.2) is 59.1 Å². The first kappa shape index (κ1) is 21.7. The van der Waals surface area contributed by atoms with E-state index >= 15 is 0 Å². The zero-order chi connectivity index (χ0) is 24.3. The fraction of sp³-hybridized carbons (Fsp3) is 0.310. The molecule has 0 amide bonds. The number of nitrogens with zero attached hydrogens (tertiary/aromatic N) is 3. The lowest BCUT2D eigenvalue weighted by atomic mass is 9.85. The fourth-order valence-corrected chi connectivity index (χ4v) is 5.74. The number of ketones is 1. The Labute approximate surface area is 205 Å².